The van der Waals surface area contributed by atoms with Gasteiger partial charge < -0.3 is 15.4 Å². The SMILES string of the molecule is CCCSc1nc2n(n1)C(c1ccc(F)cc1)C(C(=O)Nc1ccccc1OC)=C(C)N2. The summed E-state index contributed by atoms with van der Waals surface area (Å²) in [6.07, 6.45) is 0.993. The van der Waals surface area contributed by atoms with Gasteiger partial charge in [-0.05, 0) is 43.2 Å². The van der Waals surface area contributed by atoms with E-state index in [9.17, 15) is 9.18 Å². The molecule has 2 N–H and O–H groups in total. The highest BCUT2D eigenvalue weighted by Crippen LogP contribution is 2.37. The number of carbonyl (C=O) groups is 1. The van der Waals surface area contributed by atoms with Crippen LogP contribution in [0.1, 0.15) is 31.9 Å². The van der Waals surface area contributed by atoms with Crippen LogP contribution in [0.2, 0.25) is 0 Å². The van der Waals surface area contributed by atoms with Crippen LogP contribution in [0.25, 0.3) is 0 Å². The molecule has 2 aromatic carbocycles. The van der Waals surface area contributed by atoms with Crippen LogP contribution in [-0.2, 0) is 4.79 Å². The van der Waals surface area contributed by atoms with Gasteiger partial charge in [0.25, 0.3) is 5.91 Å². The van der Waals surface area contributed by atoms with Gasteiger partial charge in [-0.3, -0.25) is 4.79 Å². The number of hydrogen-bond donors (Lipinski definition) is 2. The van der Waals surface area contributed by atoms with Gasteiger partial charge in [-0.25, -0.2) is 9.07 Å². The quantitative estimate of drug-likeness (QED) is 0.498. The van der Waals surface area contributed by atoms with E-state index in [0.717, 1.165) is 17.7 Å². The van der Waals surface area contributed by atoms with Crippen molar-refractivity contribution in [3.8, 4) is 5.75 Å². The zero-order chi connectivity index (χ0) is 22.7. The average Bonchev–Trinajstić information content (AvgIpc) is 3.20. The molecule has 1 unspecified atom stereocenters. The van der Waals surface area contributed by atoms with Crippen molar-refractivity contribution in [1.82, 2.24) is 14.8 Å². The van der Waals surface area contributed by atoms with E-state index >= 15 is 0 Å². The Balaban J connectivity index is 1.76. The summed E-state index contributed by atoms with van der Waals surface area (Å²) in [4.78, 5) is 18.1. The standard InChI is InChI=1S/C23H24FN5O2S/c1-4-13-32-23-27-22-25-14(2)19(21(30)26-17-7-5-6-8-18(17)31-3)20(29(22)28-23)15-9-11-16(24)12-10-15/h5-12,20H,4,13H2,1-3H3,(H,26,30)(H,25,27,28). The number of hydrogen-bond acceptors (Lipinski definition) is 6. The highest BCUT2D eigenvalue weighted by molar-refractivity contribution is 7.99. The first-order valence-electron chi connectivity index (χ1n) is 10.3. The van der Waals surface area contributed by atoms with Gasteiger partial charge in [0, 0.05) is 11.4 Å². The van der Waals surface area contributed by atoms with Gasteiger partial charge in [-0.1, -0.05) is 43.0 Å². The molecular weight excluding hydrogens is 429 g/mol. The summed E-state index contributed by atoms with van der Waals surface area (Å²) in [6.45, 7) is 3.92. The highest BCUT2D eigenvalue weighted by Gasteiger charge is 2.34. The Morgan fingerprint density at radius 3 is 2.72 bits per heavy atom. The molecule has 0 radical (unpaired) electrons. The Bertz CT molecular complexity index is 1160. The molecule has 0 bridgehead atoms. The predicted octanol–water partition coefficient (Wildman–Crippen LogP) is 4.86. The molecular formula is C23H24FN5O2S. The number of ether oxygens (including phenoxy) is 1. The van der Waals surface area contributed by atoms with Crippen LogP contribution in [-0.4, -0.2) is 33.5 Å². The lowest BCUT2D eigenvalue weighted by molar-refractivity contribution is -0.113. The lowest BCUT2D eigenvalue weighted by Crippen LogP contribution is -2.31. The van der Waals surface area contributed by atoms with Crippen molar-refractivity contribution in [2.45, 2.75) is 31.5 Å². The summed E-state index contributed by atoms with van der Waals surface area (Å²) < 4.78 is 20.7. The maximum atomic E-state index is 13.6. The number of anilines is 2. The van der Waals surface area contributed by atoms with E-state index in [1.807, 2.05) is 19.1 Å². The Hall–Kier alpha value is -3.33. The largest absolute Gasteiger partial charge is 0.495 e. The minimum absolute atomic E-state index is 0.308. The number of allylic oxidation sites excluding steroid dienone is 1. The number of fused-ring (bicyclic) bond motifs is 1. The van der Waals surface area contributed by atoms with Gasteiger partial charge in [0.05, 0.1) is 18.4 Å². The summed E-state index contributed by atoms with van der Waals surface area (Å²) in [6, 6.07) is 12.7. The molecule has 9 heteroatoms. The van der Waals surface area contributed by atoms with E-state index in [-0.39, 0.29) is 11.7 Å². The maximum absolute atomic E-state index is 13.6. The van der Waals surface area contributed by atoms with Crippen molar-refractivity contribution in [2.24, 2.45) is 0 Å². The lowest BCUT2D eigenvalue weighted by Gasteiger charge is -2.28. The van der Waals surface area contributed by atoms with Gasteiger partial charge in [0.15, 0.2) is 0 Å². The number of amides is 1. The normalized spacial score (nSPS) is 15.2. The summed E-state index contributed by atoms with van der Waals surface area (Å²) in [5.41, 5.74) is 2.41. The van der Waals surface area contributed by atoms with Crippen LogP contribution in [0.15, 0.2) is 65.0 Å². The van der Waals surface area contributed by atoms with Crippen LogP contribution in [0.5, 0.6) is 5.75 Å². The van der Waals surface area contributed by atoms with E-state index in [2.05, 4.69) is 27.6 Å². The number of benzene rings is 2. The number of methoxy groups -OCH3 is 1. The van der Waals surface area contributed by atoms with E-state index in [1.54, 1.807) is 47.8 Å². The molecule has 1 aliphatic rings. The van der Waals surface area contributed by atoms with Crippen molar-refractivity contribution in [3.05, 3.63) is 71.2 Å². The lowest BCUT2D eigenvalue weighted by atomic mass is 9.95. The fourth-order valence-corrected chi connectivity index (χ4v) is 4.25. The molecule has 0 fully saturated rings. The second kappa shape index (κ2) is 9.44. The number of aromatic nitrogens is 3. The summed E-state index contributed by atoms with van der Waals surface area (Å²) >= 11 is 1.55. The highest BCUT2D eigenvalue weighted by atomic mass is 32.2. The number of halogens is 1. The van der Waals surface area contributed by atoms with Gasteiger partial charge >= 0.3 is 0 Å². The zero-order valence-corrected chi connectivity index (χ0v) is 18.9. The monoisotopic (exact) mass is 453 g/mol. The number of carbonyl (C=O) groups excluding carboxylic acids is 1. The number of nitrogens with one attached hydrogen (secondary N) is 2. The maximum Gasteiger partial charge on any atom is 0.255 e. The third kappa shape index (κ3) is 4.34. The topological polar surface area (TPSA) is 81.1 Å². The molecule has 1 aliphatic heterocycles. The van der Waals surface area contributed by atoms with Gasteiger partial charge in [0.2, 0.25) is 11.1 Å². The van der Waals surface area contributed by atoms with Crippen molar-refractivity contribution in [3.63, 3.8) is 0 Å². The van der Waals surface area contributed by atoms with Gasteiger partial charge in [-0.2, -0.15) is 4.98 Å². The smallest absolute Gasteiger partial charge is 0.255 e. The molecule has 32 heavy (non-hydrogen) atoms. The van der Waals surface area contributed by atoms with Crippen LogP contribution in [0, 0.1) is 5.82 Å². The molecule has 1 atom stereocenters. The summed E-state index contributed by atoms with van der Waals surface area (Å²) in [7, 11) is 1.55. The van der Waals surface area contributed by atoms with Crippen LogP contribution in [0.3, 0.4) is 0 Å². The van der Waals surface area contributed by atoms with E-state index in [4.69, 9.17) is 4.74 Å². The van der Waals surface area contributed by atoms with Crippen molar-refractivity contribution in [2.75, 3.05) is 23.5 Å². The molecule has 0 saturated carbocycles. The summed E-state index contributed by atoms with van der Waals surface area (Å²) in [5.74, 6) is 1.34. The van der Waals surface area contributed by atoms with Gasteiger partial charge in [0.1, 0.15) is 17.6 Å². The zero-order valence-electron chi connectivity index (χ0n) is 18.1. The third-order valence-electron chi connectivity index (χ3n) is 5.05. The fraction of sp³-hybridized carbons (Fsp3) is 0.261. The Kier molecular flexibility index (Phi) is 6.45. The Morgan fingerprint density at radius 1 is 1.25 bits per heavy atom. The molecule has 1 amide bonds. The Labute approximate surface area is 190 Å². The van der Waals surface area contributed by atoms with Crippen molar-refractivity contribution < 1.29 is 13.9 Å². The van der Waals surface area contributed by atoms with Crippen LogP contribution < -0.4 is 15.4 Å². The third-order valence-corrected chi connectivity index (χ3v) is 6.10. The van der Waals surface area contributed by atoms with Crippen LogP contribution >= 0.6 is 11.8 Å². The number of thioether (sulfide) groups is 1. The first-order valence-corrected chi connectivity index (χ1v) is 11.3. The fourth-order valence-electron chi connectivity index (χ4n) is 3.57. The first-order chi connectivity index (χ1) is 15.5. The minimum Gasteiger partial charge on any atom is -0.495 e. The first kappa shape index (κ1) is 21.9. The van der Waals surface area contributed by atoms with E-state index < -0.39 is 6.04 Å². The molecule has 0 aliphatic carbocycles. The predicted molar refractivity (Wildman–Crippen MR) is 124 cm³/mol. The number of rotatable bonds is 7. The van der Waals surface area contributed by atoms with Crippen molar-refractivity contribution >= 4 is 29.3 Å². The van der Waals surface area contributed by atoms with Crippen molar-refractivity contribution in [1.29, 1.82) is 0 Å². The molecule has 0 spiro atoms. The molecule has 4 rings (SSSR count). The molecule has 2 heterocycles. The molecule has 7 nitrogen and oxygen atoms in total. The second-order valence-electron chi connectivity index (χ2n) is 7.28. The molecule has 3 aromatic rings. The van der Waals surface area contributed by atoms with E-state index in [0.29, 0.717) is 33.8 Å². The molecule has 166 valence electrons. The number of para-hydroxylation sites is 2. The second-order valence-corrected chi connectivity index (χ2v) is 8.35. The Morgan fingerprint density at radius 2 is 2.00 bits per heavy atom. The summed E-state index contributed by atoms with van der Waals surface area (Å²) in [5, 5.41) is 11.4. The number of nitrogens with zero attached hydrogens (tertiary/aromatic N) is 3. The molecule has 0 saturated heterocycles. The van der Waals surface area contributed by atoms with E-state index in [1.165, 1.54) is 12.1 Å². The van der Waals surface area contributed by atoms with Crippen LogP contribution in [0.4, 0.5) is 16.0 Å². The van der Waals surface area contributed by atoms with Gasteiger partial charge in [-0.15, -0.1) is 5.10 Å². The molecule has 1 aromatic heterocycles. The minimum atomic E-state index is -0.565. The average molecular weight is 454 g/mol.